The average Bonchev–Trinajstić information content (AvgIpc) is 2.80. The van der Waals surface area contributed by atoms with Crippen molar-refractivity contribution in [2.75, 3.05) is 17.2 Å². The first-order valence-electron chi connectivity index (χ1n) is 11.8. The van der Waals surface area contributed by atoms with Gasteiger partial charge in [-0.1, -0.05) is 25.1 Å². The van der Waals surface area contributed by atoms with Crippen LogP contribution in [0.4, 0.5) is 34.1 Å². The Morgan fingerprint density at radius 2 is 1.70 bits per heavy atom. The number of rotatable bonds is 7. The minimum Gasteiger partial charge on any atom is -0.459 e. The number of alkyl halides is 3. The van der Waals surface area contributed by atoms with Crippen LogP contribution >= 0.6 is 0 Å². The summed E-state index contributed by atoms with van der Waals surface area (Å²) in [7, 11) is 0. The molecular weight excluding hydrogens is 489 g/mol. The van der Waals surface area contributed by atoms with Gasteiger partial charge < -0.3 is 20.7 Å². The molecule has 1 atom stereocenters. The quantitative estimate of drug-likeness (QED) is 0.389. The van der Waals surface area contributed by atoms with Gasteiger partial charge in [-0.15, -0.1) is 0 Å². The highest BCUT2D eigenvalue weighted by molar-refractivity contribution is 6.00. The standard InChI is InChI=1S/C26H29F3N4O4/c1-5-12-33-16(4)21(23(34)37-15(2)3)22(32-25(33)36)17-8-6-10-19(13-17)30-24(35)31-20-11-7-9-18(14-20)26(27,28)29/h6-11,13-15,22H,5,12H2,1-4H3,(H,32,36)(H2,30,31,35). The number of carbonyl (C=O) groups excluding carboxylic acids is 3. The number of nitrogens with one attached hydrogen (secondary N) is 3. The lowest BCUT2D eigenvalue weighted by atomic mass is 9.94. The summed E-state index contributed by atoms with van der Waals surface area (Å²) in [6.45, 7) is 7.46. The van der Waals surface area contributed by atoms with Crippen LogP contribution in [0.2, 0.25) is 0 Å². The highest BCUT2D eigenvalue weighted by Crippen LogP contribution is 2.33. The number of hydrogen-bond acceptors (Lipinski definition) is 4. The van der Waals surface area contributed by atoms with Crippen molar-refractivity contribution in [3.05, 3.63) is 70.9 Å². The molecule has 4 amide bonds. The van der Waals surface area contributed by atoms with Crippen molar-refractivity contribution in [1.82, 2.24) is 10.2 Å². The van der Waals surface area contributed by atoms with Gasteiger partial charge in [0.2, 0.25) is 0 Å². The first-order chi connectivity index (χ1) is 17.4. The first-order valence-corrected chi connectivity index (χ1v) is 11.8. The Labute approximate surface area is 212 Å². The monoisotopic (exact) mass is 518 g/mol. The fraction of sp³-hybridized carbons (Fsp3) is 0.346. The van der Waals surface area contributed by atoms with Gasteiger partial charge in [0.25, 0.3) is 0 Å². The Morgan fingerprint density at radius 3 is 2.30 bits per heavy atom. The molecule has 198 valence electrons. The minimum absolute atomic E-state index is 0.0312. The number of halogens is 3. The Hall–Kier alpha value is -4.02. The van der Waals surface area contributed by atoms with Crippen LogP contribution in [0.5, 0.6) is 0 Å². The van der Waals surface area contributed by atoms with Crippen LogP contribution in [0, 0.1) is 0 Å². The second-order valence-electron chi connectivity index (χ2n) is 8.77. The maximum atomic E-state index is 13.0. The molecular formula is C26H29F3N4O4. The van der Waals surface area contributed by atoms with Crippen molar-refractivity contribution in [3.63, 3.8) is 0 Å². The van der Waals surface area contributed by atoms with E-state index >= 15 is 0 Å². The molecule has 37 heavy (non-hydrogen) atoms. The number of anilines is 2. The summed E-state index contributed by atoms with van der Waals surface area (Å²) in [5.41, 5.74) is 0.642. The highest BCUT2D eigenvalue weighted by Gasteiger charge is 2.36. The highest BCUT2D eigenvalue weighted by atomic mass is 19.4. The van der Waals surface area contributed by atoms with E-state index in [1.54, 1.807) is 45.0 Å². The third-order valence-electron chi connectivity index (χ3n) is 5.53. The van der Waals surface area contributed by atoms with Crippen LogP contribution in [0.3, 0.4) is 0 Å². The van der Waals surface area contributed by atoms with Gasteiger partial charge in [0.1, 0.15) is 0 Å². The Balaban J connectivity index is 1.86. The second kappa shape index (κ2) is 11.4. The zero-order chi connectivity index (χ0) is 27.3. The van der Waals surface area contributed by atoms with E-state index in [0.717, 1.165) is 12.1 Å². The number of ether oxygens (including phenoxy) is 1. The van der Waals surface area contributed by atoms with E-state index in [4.69, 9.17) is 4.74 Å². The fourth-order valence-corrected chi connectivity index (χ4v) is 3.93. The lowest BCUT2D eigenvalue weighted by Crippen LogP contribution is -2.48. The van der Waals surface area contributed by atoms with Gasteiger partial charge in [-0.25, -0.2) is 14.4 Å². The van der Waals surface area contributed by atoms with Crippen LogP contribution in [-0.4, -0.2) is 35.6 Å². The predicted molar refractivity (Wildman–Crippen MR) is 133 cm³/mol. The summed E-state index contributed by atoms with van der Waals surface area (Å²) in [4.78, 5) is 39.8. The maximum Gasteiger partial charge on any atom is 0.416 e. The smallest absolute Gasteiger partial charge is 0.416 e. The molecule has 0 bridgehead atoms. The number of amides is 4. The normalized spacial score (nSPS) is 15.9. The van der Waals surface area contributed by atoms with Crippen LogP contribution in [0.15, 0.2) is 59.8 Å². The molecule has 11 heteroatoms. The number of carbonyl (C=O) groups is 3. The van der Waals surface area contributed by atoms with Crippen molar-refractivity contribution in [3.8, 4) is 0 Å². The molecule has 0 aromatic heterocycles. The molecule has 2 aromatic rings. The topological polar surface area (TPSA) is 99.8 Å². The van der Waals surface area contributed by atoms with Gasteiger partial charge in [0.15, 0.2) is 0 Å². The summed E-state index contributed by atoms with van der Waals surface area (Å²) >= 11 is 0. The van der Waals surface area contributed by atoms with Crippen LogP contribution < -0.4 is 16.0 Å². The maximum absolute atomic E-state index is 13.0. The number of allylic oxidation sites excluding steroid dienone is 1. The molecule has 1 aliphatic rings. The van der Waals surface area contributed by atoms with E-state index in [0.29, 0.717) is 29.9 Å². The van der Waals surface area contributed by atoms with Crippen LogP contribution in [-0.2, 0) is 15.7 Å². The van der Waals surface area contributed by atoms with Gasteiger partial charge in [-0.05, 0) is 63.1 Å². The molecule has 2 aromatic carbocycles. The van der Waals surface area contributed by atoms with E-state index in [-0.39, 0.29) is 23.4 Å². The Kier molecular flexibility index (Phi) is 8.46. The minimum atomic E-state index is -4.54. The molecule has 0 spiro atoms. The number of esters is 1. The third-order valence-corrected chi connectivity index (χ3v) is 5.53. The van der Waals surface area contributed by atoms with Crippen molar-refractivity contribution < 1.29 is 32.3 Å². The SMILES string of the molecule is CCCN1C(=O)NC(c2cccc(NC(=O)Nc3cccc(C(F)(F)F)c3)c2)C(C(=O)OC(C)C)=C1C. The number of benzene rings is 2. The third kappa shape index (κ3) is 6.81. The first kappa shape index (κ1) is 27.6. The van der Waals surface area contributed by atoms with E-state index < -0.39 is 29.8 Å². The van der Waals surface area contributed by atoms with Gasteiger partial charge in [0.05, 0.1) is 23.3 Å². The van der Waals surface area contributed by atoms with Crippen molar-refractivity contribution in [2.24, 2.45) is 0 Å². The molecule has 1 unspecified atom stereocenters. The lowest BCUT2D eigenvalue weighted by Gasteiger charge is -2.35. The summed E-state index contributed by atoms with van der Waals surface area (Å²) in [6.07, 6.45) is -4.24. The molecule has 1 heterocycles. The van der Waals surface area contributed by atoms with Crippen molar-refractivity contribution in [1.29, 1.82) is 0 Å². The molecule has 0 saturated carbocycles. The zero-order valence-electron chi connectivity index (χ0n) is 20.9. The summed E-state index contributed by atoms with van der Waals surface area (Å²) in [5.74, 6) is -0.570. The predicted octanol–water partition coefficient (Wildman–Crippen LogP) is 6.05. The van der Waals surface area contributed by atoms with Gasteiger partial charge in [-0.3, -0.25) is 4.90 Å². The van der Waals surface area contributed by atoms with E-state index in [1.807, 2.05) is 6.92 Å². The van der Waals surface area contributed by atoms with Crippen molar-refractivity contribution in [2.45, 2.75) is 52.4 Å². The molecule has 0 saturated heterocycles. The number of nitrogens with zero attached hydrogens (tertiary/aromatic N) is 1. The zero-order valence-corrected chi connectivity index (χ0v) is 20.9. The van der Waals surface area contributed by atoms with E-state index in [1.165, 1.54) is 17.0 Å². The molecule has 0 aliphatic carbocycles. The Bertz CT molecular complexity index is 1210. The molecule has 3 N–H and O–H groups in total. The molecule has 3 rings (SSSR count). The molecule has 8 nitrogen and oxygen atoms in total. The number of urea groups is 2. The average molecular weight is 519 g/mol. The van der Waals surface area contributed by atoms with Crippen molar-refractivity contribution >= 4 is 29.4 Å². The summed E-state index contributed by atoms with van der Waals surface area (Å²) in [5, 5.41) is 7.78. The number of hydrogen-bond donors (Lipinski definition) is 3. The summed E-state index contributed by atoms with van der Waals surface area (Å²) < 4.78 is 44.3. The van der Waals surface area contributed by atoms with Crippen LogP contribution in [0.1, 0.15) is 51.3 Å². The molecule has 1 aliphatic heterocycles. The van der Waals surface area contributed by atoms with Gasteiger partial charge in [-0.2, -0.15) is 13.2 Å². The van der Waals surface area contributed by atoms with Gasteiger partial charge in [0, 0.05) is 23.6 Å². The fourth-order valence-electron chi connectivity index (χ4n) is 3.93. The molecule has 0 fully saturated rings. The molecule has 0 radical (unpaired) electrons. The van der Waals surface area contributed by atoms with E-state index in [9.17, 15) is 27.6 Å². The second-order valence-corrected chi connectivity index (χ2v) is 8.77. The Morgan fingerprint density at radius 1 is 1.08 bits per heavy atom. The largest absolute Gasteiger partial charge is 0.459 e. The van der Waals surface area contributed by atoms with Gasteiger partial charge >= 0.3 is 24.2 Å². The van der Waals surface area contributed by atoms with Crippen LogP contribution in [0.25, 0.3) is 0 Å². The summed E-state index contributed by atoms with van der Waals surface area (Å²) in [6, 6.07) is 8.76. The lowest BCUT2D eigenvalue weighted by molar-refractivity contribution is -0.143. The van der Waals surface area contributed by atoms with E-state index in [2.05, 4.69) is 16.0 Å².